The zero-order chi connectivity index (χ0) is 9.68. The molecule has 13 heavy (non-hydrogen) atoms. The first-order valence-electron chi connectivity index (χ1n) is 4.01. The molecule has 1 heterocycles. The Kier molecular flexibility index (Phi) is 3.45. The van der Waals surface area contributed by atoms with Gasteiger partial charge in [-0.3, -0.25) is 9.89 Å². The van der Waals surface area contributed by atoms with Crippen LogP contribution in [0, 0.1) is 0 Å². The van der Waals surface area contributed by atoms with E-state index in [4.69, 9.17) is 0 Å². The molecule has 72 valence electrons. The second-order valence-corrected chi connectivity index (χ2v) is 2.75. The third-order valence-corrected chi connectivity index (χ3v) is 1.67. The van der Waals surface area contributed by atoms with E-state index in [0.29, 0.717) is 0 Å². The van der Waals surface area contributed by atoms with Gasteiger partial charge in [0.2, 0.25) is 5.91 Å². The summed E-state index contributed by atoms with van der Waals surface area (Å²) < 4.78 is 4.69. The van der Waals surface area contributed by atoms with E-state index < -0.39 is 0 Å². The molecule has 1 atom stereocenters. The molecule has 1 amide bonds. The SMILES string of the molecule is COCC(=O)NC(C)c1cn[nH]c1. The van der Waals surface area contributed by atoms with Crippen LogP contribution in [0.5, 0.6) is 0 Å². The van der Waals surface area contributed by atoms with Gasteiger partial charge in [-0.05, 0) is 6.92 Å². The normalized spacial score (nSPS) is 12.5. The molecule has 1 aromatic rings. The van der Waals surface area contributed by atoms with Gasteiger partial charge in [-0.15, -0.1) is 0 Å². The molecule has 1 unspecified atom stereocenters. The van der Waals surface area contributed by atoms with Crippen LogP contribution in [0.15, 0.2) is 12.4 Å². The number of nitrogens with zero attached hydrogens (tertiary/aromatic N) is 1. The van der Waals surface area contributed by atoms with Gasteiger partial charge in [0.1, 0.15) is 6.61 Å². The van der Waals surface area contributed by atoms with Crippen LogP contribution in [-0.4, -0.2) is 29.8 Å². The number of carbonyl (C=O) groups excluding carboxylic acids is 1. The quantitative estimate of drug-likeness (QED) is 0.702. The minimum absolute atomic E-state index is 0.0404. The summed E-state index contributed by atoms with van der Waals surface area (Å²) >= 11 is 0. The Morgan fingerprint density at radius 3 is 3.15 bits per heavy atom. The summed E-state index contributed by atoms with van der Waals surface area (Å²) in [4.78, 5) is 11.1. The molecule has 0 aliphatic carbocycles. The fraction of sp³-hybridized carbons (Fsp3) is 0.500. The fourth-order valence-electron chi connectivity index (χ4n) is 0.995. The van der Waals surface area contributed by atoms with Crippen molar-refractivity contribution in [2.45, 2.75) is 13.0 Å². The molecule has 5 heteroatoms. The molecule has 1 rings (SSSR count). The highest BCUT2D eigenvalue weighted by molar-refractivity contribution is 5.77. The number of rotatable bonds is 4. The van der Waals surface area contributed by atoms with Crippen molar-refractivity contribution in [3.8, 4) is 0 Å². The van der Waals surface area contributed by atoms with Crippen molar-refractivity contribution in [2.75, 3.05) is 13.7 Å². The smallest absolute Gasteiger partial charge is 0.246 e. The van der Waals surface area contributed by atoms with Crippen molar-refractivity contribution in [2.24, 2.45) is 0 Å². The van der Waals surface area contributed by atoms with Crippen LogP contribution in [0.2, 0.25) is 0 Å². The van der Waals surface area contributed by atoms with Crippen LogP contribution in [-0.2, 0) is 9.53 Å². The van der Waals surface area contributed by atoms with Crippen molar-refractivity contribution in [3.63, 3.8) is 0 Å². The number of amides is 1. The number of carbonyl (C=O) groups is 1. The van der Waals surface area contributed by atoms with E-state index in [2.05, 4.69) is 20.3 Å². The number of ether oxygens (including phenoxy) is 1. The molecule has 0 aliphatic rings. The van der Waals surface area contributed by atoms with E-state index in [1.807, 2.05) is 6.92 Å². The van der Waals surface area contributed by atoms with Crippen LogP contribution < -0.4 is 5.32 Å². The van der Waals surface area contributed by atoms with Gasteiger partial charge in [0.25, 0.3) is 0 Å². The Morgan fingerprint density at radius 1 is 1.85 bits per heavy atom. The maximum atomic E-state index is 11.1. The van der Waals surface area contributed by atoms with E-state index in [0.717, 1.165) is 5.56 Å². The van der Waals surface area contributed by atoms with Gasteiger partial charge < -0.3 is 10.1 Å². The van der Waals surface area contributed by atoms with Crippen molar-refractivity contribution in [3.05, 3.63) is 18.0 Å². The van der Waals surface area contributed by atoms with E-state index in [-0.39, 0.29) is 18.6 Å². The van der Waals surface area contributed by atoms with Crippen molar-refractivity contribution < 1.29 is 9.53 Å². The summed E-state index contributed by atoms with van der Waals surface area (Å²) in [5, 5.41) is 9.23. The van der Waals surface area contributed by atoms with Gasteiger partial charge in [0.05, 0.1) is 12.2 Å². The number of hydrogen-bond acceptors (Lipinski definition) is 3. The Bertz CT molecular complexity index is 258. The minimum atomic E-state index is -0.129. The Labute approximate surface area is 76.5 Å². The average Bonchev–Trinajstić information content (AvgIpc) is 2.55. The summed E-state index contributed by atoms with van der Waals surface area (Å²) in [6.45, 7) is 1.97. The van der Waals surface area contributed by atoms with Gasteiger partial charge >= 0.3 is 0 Å². The van der Waals surface area contributed by atoms with E-state index in [9.17, 15) is 4.79 Å². The number of methoxy groups -OCH3 is 1. The van der Waals surface area contributed by atoms with Crippen molar-refractivity contribution >= 4 is 5.91 Å². The lowest BCUT2D eigenvalue weighted by Gasteiger charge is -2.10. The lowest BCUT2D eigenvalue weighted by atomic mass is 10.2. The summed E-state index contributed by atoms with van der Waals surface area (Å²) in [7, 11) is 1.49. The van der Waals surface area contributed by atoms with Crippen molar-refractivity contribution in [1.82, 2.24) is 15.5 Å². The zero-order valence-corrected chi connectivity index (χ0v) is 7.70. The predicted octanol–water partition coefficient (Wildman–Crippen LogP) is 0.233. The van der Waals surface area contributed by atoms with E-state index in [1.165, 1.54) is 7.11 Å². The molecule has 2 N–H and O–H groups in total. The number of hydrogen-bond donors (Lipinski definition) is 2. The topological polar surface area (TPSA) is 67.0 Å². The van der Waals surface area contributed by atoms with Crippen LogP contribution in [0.4, 0.5) is 0 Å². The first-order valence-corrected chi connectivity index (χ1v) is 4.01. The third-order valence-electron chi connectivity index (χ3n) is 1.67. The molecular weight excluding hydrogens is 170 g/mol. The predicted molar refractivity (Wildman–Crippen MR) is 47.0 cm³/mol. The van der Waals surface area contributed by atoms with Gasteiger partial charge in [0.15, 0.2) is 0 Å². The zero-order valence-electron chi connectivity index (χ0n) is 7.70. The fourth-order valence-corrected chi connectivity index (χ4v) is 0.995. The van der Waals surface area contributed by atoms with Gasteiger partial charge in [-0.2, -0.15) is 5.10 Å². The standard InChI is InChI=1S/C8H13N3O2/c1-6(7-3-9-10-4-7)11-8(12)5-13-2/h3-4,6H,5H2,1-2H3,(H,9,10)(H,11,12). The molecule has 0 bridgehead atoms. The molecule has 0 fully saturated rings. The maximum absolute atomic E-state index is 11.1. The largest absolute Gasteiger partial charge is 0.375 e. The lowest BCUT2D eigenvalue weighted by Crippen LogP contribution is -2.29. The molecule has 0 spiro atoms. The monoisotopic (exact) mass is 183 g/mol. The van der Waals surface area contributed by atoms with Crippen LogP contribution in [0.25, 0.3) is 0 Å². The first kappa shape index (κ1) is 9.73. The second kappa shape index (κ2) is 4.61. The molecule has 1 aromatic heterocycles. The third kappa shape index (κ3) is 2.87. The summed E-state index contributed by atoms with van der Waals surface area (Å²) in [5.41, 5.74) is 0.949. The molecule has 0 radical (unpaired) electrons. The molecule has 0 saturated heterocycles. The second-order valence-electron chi connectivity index (χ2n) is 2.75. The summed E-state index contributed by atoms with van der Waals surface area (Å²) in [6, 6.07) is -0.0404. The Balaban J connectivity index is 2.42. The molecule has 0 aromatic carbocycles. The molecular formula is C8H13N3O2. The highest BCUT2D eigenvalue weighted by Crippen LogP contribution is 2.08. The number of aromatic nitrogens is 2. The van der Waals surface area contributed by atoms with Crippen LogP contribution in [0.3, 0.4) is 0 Å². The highest BCUT2D eigenvalue weighted by atomic mass is 16.5. The van der Waals surface area contributed by atoms with Gasteiger partial charge in [-0.1, -0.05) is 0 Å². The number of nitrogens with one attached hydrogen (secondary N) is 2. The minimum Gasteiger partial charge on any atom is -0.375 e. The van der Waals surface area contributed by atoms with Crippen molar-refractivity contribution in [1.29, 1.82) is 0 Å². The van der Waals surface area contributed by atoms with Gasteiger partial charge in [-0.25, -0.2) is 0 Å². The summed E-state index contributed by atoms with van der Waals surface area (Å²) in [6.07, 6.45) is 3.43. The number of aromatic amines is 1. The summed E-state index contributed by atoms with van der Waals surface area (Å²) in [5.74, 6) is -0.129. The lowest BCUT2D eigenvalue weighted by molar-refractivity contribution is -0.125. The molecule has 0 saturated carbocycles. The molecule has 5 nitrogen and oxygen atoms in total. The average molecular weight is 183 g/mol. The highest BCUT2D eigenvalue weighted by Gasteiger charge is 2.09. The number of H-pyrrole nitrogens is 1. The first-order chi connectivity index (χ1) is 6.24. The van der Waals surface area contributed by atoms with E-state index >= 15 is 0 Å². The Morgan fingerprint density at radius 2 is 2.62 bits per heavy atom. The van der Waals surface area contributed by atoms with Gasteiger partial charge in [0, 0.05) is 18.9 Å². The molecule has 0 aliphatic heterocycles. The maximum Gasteiger partial charge on any atom is 0.246 e. The van der Waals surface area contributed by atoms with Crippen LogP contribution in [0.1, 0.15) is 18.5 Å². The Hall–Kier alpha value is -1.36. The van der Waals surface area contributed by atoms with E-state index in [1.54, 1.807) is 12.4 Å². The van der Waals surface area contributed by atoms with Crippen LogP contribution >= 0.6 is 0 Å².